The molecule has 1 aromatic rings. The maximum Gasteiger partial charge on any atom is 0.130 e. The molecule has 1 radical (unpaired) electrons. The summed E-state index contributed by atoms with van der Waals surface area (Å²) >= 11 is 0. The van der Waals surface area contributed by atoms with Gasteiger partial charge in [-0.3, -0.25) is 0 Å². The molecule has 0 spiro atoms. The van der Waals surface area contributed by atoms with Crippen molar-refractivity contribution in [2.45, 2.75) is 40.2 Å². The van der Waals surface area contributed by atoms with Crippen LogP contribution in [0, 0.1) is 27.2 Å². The van der Waals surface area contributed by atoms with Gasteiger partial charge in [-0.25, -0.2) is 0 Å². The summed E-state index contributed by atoms with van der Waals surface area (Å²) in [6.45, 7) is 9.91. The molecule has 81 valence electrons. The van der Waals surface area contributed by atoms with Crippen molar-refractivity contribution in [3.05, 3.63) is 28.7 Å². The third-order valence-corrected chi connectivity index (χ3v) is 3.12. The molecule has 0 aliphatic carbocycles. The van der Waals surface area contributed by atoms with Crippen LogP contribution in [0.5, 0.6) is 11.5 Å². The molecule has 0 saturated heterocycles. The van der Waals surface area contributed by atoms with Crippen molar-refractivity contribution in [1.29, 1.82) is 0 Å². The third-order valence-electron chi connectivity index (χ3n) is 3.12. The Bertz CT molecular complexity index is 392. The van der Waals surface area contributed by atoms with E-state index in [-0.39, 0.29) is 5.60 Å². The van der Waals surface area contributed by atoms with Gasteiger partial charge in [0.1, 0.15) is 17.1 Å². The Morgan fingerprint density at radius 1 is 1.07 bits per heavy atom. The minimum absolute atomic E-state index is 0.266. The second-order valence-corrected chi connectivity index (χ2v) is 4.82. The number of aromatic hydroxyl groups is 1. The Balaban J connectivity index is 2.69. The summed E-state index contributed by atoms with van der Waals surface area (Å²) in [7, 11) is 0. The Morgan fingerprint density at radius 2 is 1.67 bits per heavy atom. The number of phenolic OH excluding ortho intramolecular Hbond substituents is 1. The van der Waals surface area contributed by atoms with Gasteiger partial charge in [0.15, 0.2) is 0 Å². The smallest absolute Gasteiger partial charge is 0.130 e. The zero-order chi connectivity index (χ0) is 11.4. The molecule has 0 fully saturated rings. The van der Waals surface area contributed by atoms with E-state index in [0.717, 1.165) is 28.0 Å². The number of rotatable bonds is 0. The van der Waals surface area contributed by atoms with Gasteiger partial charge in [0, 0.05) is 17.5 Å². The number of ether oxygens (including phenoxy) is 1. The van der Waals surface area contributed by atoms with Gasteiger partial charge >= 0.3 is 0 Å². The first-order valence-electron chi connectivity index (χ1n) is 5.21. The van der Waals surface area contributed by atoms with E-state index in [1.165, 1.54) is 0 Å². The van der Waals surface area contributed by atoms with Crippen LogP contribution < -0.4 is 4.74 Å². The molecule has 2 nitrogen and oxygen atoms in total. The van der Waals surface area contributed by atoms with E-state index in [9.17, 15) is 5.11 Å². The van der Waals surface area contributed by atoms with Gasteiger partial charge in [0.05, 0.1) is 0 Å². The first-order chi connectivity index (χ1) is 6.83. The average Bonchev–Trinajstić information content (AvgIpc) is 2.48. The monoisotopic (exact) mass is 205 g/mol. The summed E-state index contributed by atoms with van der Waals surface area (Å²) in [5.74, 6) is 1.19. The lowest BCUT2D eigenvalue weighted by Gasteiger charge is -2.17. The van der Waals surface area contributed by atoms with Gasteiger partial charge in [-0.1, -0.05) is 0 Å². The van der Waals surface area contributed by atoms with Crippen molar-refractivity contribution in [2.24, 2.45) is 0 Å². The summed E-state index contributed by atoms with van der Waals surface area (Å²) < 4.78 is 5.83. The van der Waals surface area contributed by atoms with Crippen LogP contribution in [-0.2, 0) is 0 Å². The van der Waals surface area contributed by atoms with Crippen molar-refractivity contribution >= 4 is 0 Å². The van der Waals surface area contributed by atoms with Crippen molar-refractivity contribution < 1.29 is 9.84 Å². The quantitative estimate of drug-likeness (QED) is 0.705. The SMILES string of the molecule is Cc1c(C)c2c(c(C)c1O)OC(C)(C)[CH]2. The molecule has 0 saturated carbocycles. The van der Waals surface area contributed by atoms with E-state index in [0.29, 0.717) is 5.75 Å². The molecule has 1 N–H and O–H groups in total. The summed E-state index contributed by atoms with van der Waals surface area (Å²) in [6.07, 6.45) is 2.12. The van der Waals surface area contributed by atoms with E-state index in [2.05, 4.69) is 6.42 Å². The third kappa shape index (κ3) is 1.39. The molecule has 1 heterocycles. The minimum atomic E-state index is -0.266. The van der Waals surface area contributed by atoms with E-state index >= 15 is 0 Å². The van der Waals surface area contributed by atoms with Gasteiger partial charge in [0.2, 0.25) is 0 Å². The molecule has 0 amide bonds. The van der Waals surface area contributed by atoms with Crippen molar-refractivity contribution in [1.82, 2.24) is 0 Å². The molecular weight excluding hydrogens is 188 g/mol. The Hall–Kier alpha value is -1.18. The Morgan fingerprint density at radius 3 is 2.27 bits per heavy atom. The fourth-order valence-corrected chi connectivity index (χ4v) is 2.09. The first kappa shape index (κ1) is 10.3. The zero-order valence-corrected chi connectivity index (χ0v) is 9.93. The van der Waals surface area contributed by atoms with Crippen LogP contribution in [0.4, 0.5) is 0 Å². The molecule has 0 unspecified atom stereocenters. The highest BCUT2D eigenvalue weighted by Crippen LogP contribution is 2.45. The van der Waals surface area contributed by atoms with E-state index < -0.39 is 0 Å². The van der Waals surface area contributed by atoms with Crippen LogP contribution in [0.2, 0.25) is 0 Å². The van der Waals surface area contributed by atoms with Crippen LogP contribution in [0.3, 0.4) is 0 Å². The van der Waals surface area contributed by atoms with Crippen molar-refractivity contribution in [3.8, 4) is 11.5 Å². The molecule has 15 heavy (non-hydrogen) atoms. The number of phenols is 1. The lowest BCUT2D eigenvalue weighted by atomic mass is 9.93. The van der Waals surface area contributed by atoms with Gasteiger partial charge < -0.3 is 9.84 Å². The second kappa shape index (κ2) is 2.91. The largest absolute Gasteiger partial charge is 0.507 e. The predicted octanol–water partition coefficient (Wildman–Crippen LogP) is 3.04. The molecule has 1 aliphatic rings. The number of hydrogen-bond acceptors (Lipinski definition) is 2. The van der Waals surface area contributed by atoms with Gasteiger partial charge in [-0.2, -0.15) is 0 Å². The lowest BCUT2D eigenvalue weighted by Crippen LogP contribution is -2.23. The highest BCUT2D eigenvalue weighted by Gasteiger charge is 2.34. The van der Waals surface area contributed by atoms with Gasteiger partial charge in [-0.05, 0) is 45.7 Å². The molecule has 2 heteroatoms. The molecule has 0 atom stereocenters. The van der Waals surface area contributed by atoms with Gasteiger partial charge in [-0.15, -0.1) is 0 Å². The Labute approximate surface area is 90.9 Å². The summed E-state index contributed by atoms with van der Waals surface area (Å²) in [5.41, 5.74) is 3.77. The molecule has 0 aromatic heterocycles. The standard InChI is InChI=1S/C13H17O2/c1-7-8(2)11(14)9(3)12-10(7)6-13(4,5)15-12/h6,14H,1-5H3. The average molecular weight is 205 g/mol. The molecular formula is C13H17O2. The van der Waals surface area contributed by atoms with Crippen LogP contribution in [0.15, 0.2) is 0 Å². The van der Waals surface area contributed by atoms with Crippen molar-refractivity contribution in [2.75, 3.05) is 0 Å². The Kier molecular flexibility index (Phi) is 2.00. The minimum Gasteiger partial charge on any atom is -0.507 e. The molecule has 1 aromatic carbocycles. The van der Waals surface area contributed by atoms with E-state index in [1.807, 2.05) is 34.6 Å². The fraction of sp³-hybridized carbons (Fsp3) is 0.462. The van der Waals surface area contributed by atoms with E-state index in [1.54, 1.807) is 0 Å². The highest BCUT2D eigenvalue weighted by atomic mass is 16.5. The van der Waals surface area contributed by atoms with Crippen LogP contribution in [-0.4, -0.2) is 10.7 Å². The summed E-state index contributed by atoms with van der Waals surface area (Å²) in [4.78, 5) is 0. The van der Waals surface area contributed by atoms with E-state index in [4.69, 9.17) is 4.74 Å². The highest BCUT2D eigenvalue weighted by molar-refractivity contribution is 5.62. The van der Waals surface area contributed by atoms with Crippen LogP contribution in [0.25, 0.3) is 0 Å². The molecule has 0 bridgehead atoms. The molecule has 2 rings (SSSR count). The number of hydrogen-bond donors (Lipinski definition) is 1. The zero-order valence-electron chi connectivity index (χ0n) is 9.93. The number of benzene rings is 1. The van der Waals surface area contributed by atoms with Crippen LogP contribution >= 0.6 is 0 Å². The summed E-state index contributed by atoms with van der Waals surface area (Å²) in [6, 6.07) is 0. The summed E-state index contributed by atoms with van der Waals surface area (Å²) in [5, 5.41) is 9.93. The second-order valence-electron chi connectivity index (χ2n) is 4.82. The maximum absolute atomic E-state index is 9.93. The van der Waals surface area contributed by atoms with Crippen molar-refractivity contribution in [3.63, 3.8) is 0 Å². The van der Waals surface area contributed by atoms with Gasteiger partial charge in [0.25, 0.3) is 0 Å². The molecule has 1 aliphatic heterocycles. The first-order valence-corrected chi connectivity index (χ1v) is 5.21. The normalized spacial score (nSPS) is 17.4. The van der Waals surface area contributed by atoms with Crippen LogP contribution in [0.1, 0.15) is 36.1 Å². The predicted molar refractivity (Wildman–Crippen MR) is 60.4 cm³/mol. The fourth-order valence-electron chi connectivity index (χ4n) is 2.09. The maximum atomic E-state index is 9.93. The topological polar surface area (TPSA) is 29.5 Å². The lowest BCUT2D eigenvalue weighted by molar-refractivity contribution is 0.168. The number of fused-ring (bicyclic) bond motifs is 1.